The highest BCUT2D eigenvalue weighted by Gasteiger charge is 2.29. The van der Waals surface area contributed by atoms with Crippen LogP contribution in [-0.4, -0.2) is 60.3 Å². The molecule has 32 heavy (non-hydrogen) atoms. The zero-order valence-electron chi connectivity index (χ0n) is 19.2. The number of hydrogen-bond donors (Lipinski definition) is 5. The number of carbonyl (C=O) groups is 4. The van der Waals surface area contributed by atoms with E-state index in [1.54, 1.807) is 51.1 Å². The molecule has 0 aliphatic heterocycles. The van der Waals surface area contributed by atoms with Gasteiger partial charge in [0, 0.05) is 7.05 Å². The van der Waals surface area contributed by atoms with Crippen molar-refractivity contribution in [2.24, 2.45) is 0 Å². The van der Waals surface area contributed by atoms with Gasteiger partial charge >= 0.3 is 6.09 Å². The monoisotopic (exact) mass is 450 g/mol. The molecule has 1 aromatic carbocycles. The third kappa shape index (κ3) is 9.34. The summed E-state index contributed by atoms with van der Waals surface area (Å²) in [4.78, 5) is 48.9. The van der Waals surface area contributed by atoms with E-state index in [0.29, 0.717) is 18.4 Å². The molecule has 2 unspecified atom stereocenters. The minimum absolute atomic E-state index is 0.326. The van der Waals surface area contributed by atoms with E-state index < -0.39 is 54.1 Å². The van der Waals surface area contributed by atoms with Gasteiger partial charge in [0.2, 0.25) is 11.8 Å². The molecule has 3 atom stereocenters. The van der Waals surface area contributed by atoms with E-state index in [1.807, 2.05) is 6.92 Å². The van der Waals surface area contributed by atoms with E-state index in [9.17, 15) is 24.3 Å². The lowest BCUT2D eigenvalue weighted by atomic mass is 10.1. The van der Waals surface area contributed by atoms with Crippen LogP contribution in [0.2, 0.25) is 0 Å². The molecule has 5 N–H and O–H groups in total. The number of nitrogens with one attached hydrogen (secondary N) is 4. The second-order valence-corrected chi connectivity index (χ2v) is 8.23. The maximum absolute atomic E-state index is 12.4. The highest BCUT2D eigenvalue weighted by molar-refractivity contribution is 5.91. The number of likely N-dealkylation sites (N-methyl/N-ethyl adjacent to an activating group) is 1. The minimum atomic E-state index is -1.58. The molecule has 10 heteroatoms. The Morgan fingerprint density at radius 2 is 1.66 bits per heavy atom. The molecule has 178 valence electrons. The first-order valence-corrected chi connectivity index (χ1v) is 10.5. The van der Waals surface area contributed by atoms with Crippen molar-refractivity contribution in [1.29, 1.82) is 0 Å². The molecule has 0 saturated heterocycles. The van der Waals surface area contributed by atoms with Gasteiger partial charge in [-0.1, -0.05) is 43.7 Å². The summed E-state index contributed by atoms with van der Waals surface area (Å²) < 4.78 is 5.17. The number of hydrogen-bond acceptors (Lipinski definition) is 6. The molecule has 0 aromatic heterocycles. The molecule has 0 radical (unpaired) electrons. The van der Waals surface area contributed by atoms with Crippen LogP contribution < -0.4 is 21.3 Å². The average molecular weight is 451 g/mol. The smallest absolute Gasteiger partial charge is 0.407 e. The van der Waals surface area contributed by atoms with Crippen LogP contribution in [0.15, 0.2) is 30.3 Å². The van der Waals surface area contributed by atoms with Crippen LogP contribution in [0.5, 0.6) is 0 Å². The maximum atomic E-state index is 12.4. The first-order valence-electron chi connectivity index (χ1n) is 10.5. The van der Waals surface area contributed by atoms with Gasteiger partial charge in [0.15, 0.2) is 6.10 Å². The van der Waals surface area contributed by atoms with Crippen molar-refractivity contribution >= 4 is 23.8 Å². The van der Waals surface area contributed by atoms with E-state index in [1.165, 1.54) is 7.05 Å². The van der Waals surface area contributed by atoms with Crippen LogP contribution in [0, 0.1) is 0 Å². The lowest BCUT2D eigenvalue weighted by Crippen LogP contribution is -2.53. The Labute approximate surface area is 188 Å². The summed E-state index contributed by atoms with van der Waals surface area (Å²) in [6.07, 6.45) is -1.42. The highest BCUT2D eigenvalue weighted by Crippen LogP contribution is 2.12. The zero-order valence-corrected chi connectivity index (χ0v) is 19.2. The summed E-state index contributed by atoms with van der Waals surface area (Å²) in [6.45, 7) is 6.48. The summed E-state index contributed by atoms with van der Waals surface area (Å²) in [5, 5.41) is 20.2. The van der Waals surface area contributed by atoms with E-state index in [4.69, 9.17) is 4.74 Å². The fourth-order valence-corrected chi connectivity index (χ4v) is 2.84. The quantitative estimate of drug-likeness (QED) is 0.356. The number of aliphatic hydroxyl groups excluding tert-OH is 1. The van der Waals surface area contributed by atoms with E-state index >= 15 is 0 Å². The number of amides is 4. The van der Waals surface area contributed by atoms with Crippen LogP contribution in [0.25, 0.3) is 0 Å². The Balaban J connectivity index is 2.69. The van der Waals surface area contributed by atoms with Crippen molar-refractivity contribution in [3.8, 4) is 0 Å². The molecular weight excluding hydrogens is 416 g/mol. The van der Waals surface area contributed by atoms with Crippen LogP contribution >= 0.6 is 0 Å². The number of aliphatic hydroxyl groups is 1. The van der Waals surface area contributed by atoms with Gasteiger partial charge in [-0.3, -0.25) is 14.4 Å². The van der Waals surface area contributed by atoms with Gasteiger partial charge in [-0.05, 0) is 32.8 Å². The number of carbonyl (C=O) groups excluding carboxylic acids is 4. The zero-order chi connectivity index (χ0) is 24.3. The van der Waals surface area contributed by atoms with Crippen LogP contribution in [-0.2, 0) is 19.1 Å². The number of rotatable bonds is 10. The summed E-state index contributed by atoms with van der Waals surface area (Å²) in [6, 6.07) is 6.83. The lowest BCUT2D eigenvalue weighted by molar-refractivity contribution is -0.133. The molecule has 0 fully saturated rings. The summed E-state index contributed by atoms with van der Waals surface area (Å²) in [7, 11) is 1.45. The van der Waals surface area contributed by atoms with Gasteiger partial charge in [-0.15, -0.1) is 0 Å². The van der Waals surface area contributed by atoms with E-state index in [0.717, 1.165) is 0 Å². The predicted molar refractivity (Wildman–Crippen MR) is 118 cm³/mol. The highest BCUT2D eigenvalue weighted by atomic mass is 16.6. The van der Waals surface area contributed by atoms with Gasteiger partial charge in [0.05, 0.1) is 12.6 Å². The van der Waals surface area contributed by atoms with Gasteiger partial charge < -0.3 is 31.1 Å². The van der Waals surface area contributed by atoms with Crippen molar-refractivity contribution in [1.82, 2.24) is 21.3 Å². The fourth-order valence-electron chi connectivity index (χ4n) is 2.84. The second-order valence-electron chi connectivity index (χ2n) is 8.23. The Kier molecular flexibility index (Phi) is 10.6. The van der Waals surface area contributed by atoms with Gasteiger partial charge in [-0.2, -0.15) is 0 Å². The van der Waals surface area contributed by atoms with Crippen LogP contribution in [0.4, 0.5) is 4.79 Å². The van der Waals surface area contributed by atoms with Crippen LogP contribution in [0.3, 0.4) is 0 Å². The maximum Gasteiger partial charge on any atom is 0.407 e. The summed E-state index contributed by atoms with van der Waals surface area (Å²) >= 11 is 0. The average Bonchev–Trinajstić information content (AvgIpc) is 2.73. The standard InChI is InChI=1S/C22H34N4O6/c1-6-10-15(25-21(31)32-22(2,3)4)18(28)20(30)24-13-16(27)26-17(19(29)23-5)14-11-8-7-9-12-14/h7-9,11-12,15,17-18,28H,6,10,13H2,1-5H3,(H,23,29)(H,24,30)(H,25,31)(H,26,27)/t15?,17-,18?/m0/s1. The molecule has 1 aromatic rings. The summed E-state index contributed by atoms with van der Waals surface area (Å²) in [5.74, 6) is -1.86. The molecule has 1 rings (SSSR count). The molecule has 0 aliphatic rings. The SMILES string of the molecule is CCCC(NC(=O)OC(C)(C)C)C(O)C(=O)NCC(=O)N[C@H](C(=O)NC)c1ccccc1. The van der Waals surface area contributed by atoms with Crippen molar-refractivity contribution in [2.45, 2.75) is 64.3 Å². The Morgan fingerprint density at radius 3 is 2.19 bits per heavy atom. The first-order chi connectivity index (χ1) is 15.0. The molecule has 10 nitrogen and oxygen atoms in total. The third-order valence-electron chi connectivity index (χ3n) is 4.32. The van der Waals surface area contributed by atoms with Crippen LogP contribution in [0.1, 0.15) is 52.1 Å². The molecular formula is C22H34N4O6. The number of ether oxygens (including phenoxy) is 1. The molecule has 0 saturated carbocycles. The third-order valence-corrected chi connectivity index (χ3v) is 4.32. The molecule has 0 spiro atoms. The van der Waals surface area contributed by atoms with E-state index in [-0.39, 0.29) is 0 Å². The summed E-state index contributed by atoms with van der Waals surface area (Å²) in [5.41, 5.74) is -0.150. The van der Waals surface area contributed by atoms with Crippen molar-refractivity contribution < 1.29 is 29.0 Å². The minimum Gasteiger partial charge on any atom is -0.444 e. The second kappa shape index (κ2) is 12.7. The fraction of sp³-hybridized carbons (Fsp3) is 0.545. The molecule has 0 aliphatic carbocycles. The predicted octanol–water partition coefficient (Wildman–Crippen LogP) is 0.760. The van der Waals surface area contributed by atoms with Gasteiger partial charge in [0.1, 0.15) is 11.6 Å². The topological polar surface area (TPSA) is 146 Å². The molecule has 0 bridgehead atoms. The van der Waals surface area contributed by atoms with E-state index in [2.05, 4.69) is 21.3 Å². The molecule has 4 amide bonds. The van der Waals surface area contributed by atoms with Crippen molar-refractivity contribution in [2.75, 3.05) is 13.6 Å². The molecule has 0 heterocycles. The number of alkyl carbamates (subject to hydrolysis) is 1. The van der Waals surface area contributed by atoms with Gasteiger partial charge in [-0.25, -0.2) is 4.79 Å². The Morgan fingerprint density at radius 1 is 1.03 bits per heavy atom. The normalized spacial score (nSPS) is 13.8. The van der Waals surface area contributed by atoms with Crippen molar-refractivity contribution in [3.63, 3.8) is 0 Å². The van der Waals surface area contributed by atoms with Crippen molar-refractivity contribution in [3.05, 3.63) is 35.9 Å². The lowest BCUT2D eigenvalue weighted by Gasteiger charge is -2.26. The number of benzene rings is 1. The Bertz CT molecular complexity index is 778. The first kappa shape index (κ1) is 26.9. The largest absolute Gasteiger partial charge is 0.444 e. The Hall–Kier alpha value is -3.14. The van der Waals surface area contributed by atoms with Gasteiger partial charge in [0.25, 0.3) is 5.91 Å².